The maximum Gasteiger partial charge on any atom is 0.492 e. The molecule has 7 nitrogen and oxygen atoms in total. The quantitative estimate of drug-likeness (QED) is 0.423. The van der Waals surface area contributed by atoms with Gasteiger partial charge in [0.15, 0.2) is 0 Å². The molecule has 1 aliphatic heterocycles. The normalized spacial score (nSPS) is 17.7. The molecule has 0 radical (unpaired) electrons. The second-order valence-electron chi connectivity index (χ2n) is 10.9. The van der Waals surface area contributed by atoms with Crippen LogP contribution in [0.3, 0.4) is 0 Å². The number of fused-ring (bicyclic) bond motifs is 3. The molecule has 3 aromatic rings. The minimum Gasteiger partial charge on any atom is -0.449 e. The molecule has 1 amide bonds. The van der Waals surface area contributed by atoms with Crippen LogP contribution in [0.1, 0.15) is 56.0 Å². The van der Waals surface area contributed by atoms with Gasteiger partial charge in [-0.1, -0.05) is 54.6 Å². The van der Waals surface area contributed by atoms with E-state index in [1.807, 2.05) is 71.0 Å². The summed E-state index contributed by atoms with van der Waals surface area (Å²) < 4.78 is 18.3. The minimum absolute atomic E-state index is 0.00889. The molecular formula is C30H34BN3O4. The van der Waals surface area contributed by atoms with Crippen molar-refractivity contribution in [1.29, 1.82) is 0 Å². The van der Waals surface area contributed by atoms with Crippen LogP contribution >= 0.6 is 0 Å². The van der Waals surface area contributed by atoms with Gasteiger partial charge in [0.25, 0.3) is 0 Å². The highest BCUT2D eigenvalue weighted by Crippen LogP contribution is 2.44. The van der Waals surface area contributed by atoms with E-state index in [1.165, 1.54) is 22.3 Å². The third kappa shape index (κ3) is 4.94. The number of nitrogens with zero attached hydrogens (tertiary/aromatic N) is 1. The van der Waals surface area contributed by atoms with Crippen molar-refractivity contribution < 1.29 is 18.8 Å². The summed E-state index contributed by atoms with van der Waals surface area (Å²) in [6, 6.07) is 20.2. The van der Waals surface area contributed by atoms with E-state index in [-0.39, 0.29) is 19.1 Å². The summed E-state index contributed by atoms with van der Waals surface area (Å²) in [7, 11) is -0.656. The number of hydrogen-bond acceptors (Lipinski definition) is 6. The maximum atomic E-state index is 12.9. The molecule has 5 rings (SSSR count). The second kappa shape index (κ2) is 9.93. The summed E-state index contributed by atoms with van der Waals surface area (Å²) in [5, 5.41) is 2.89. The number of aromatic nitrogens is 1. The average molecular weight is 511 g/mol. The Labute approximate surface area is 224 Å². The number of aryl methyl sites for hydroxylation is 1. The fraction of sp³-hybridized carbons (Fsp3) is 0.333. The lowest BCUT2D eigenvalue weighted by Gasteiger charge is -2.32. The van der Waals surface area contributed by atoms with Gasteiger partial charge in [0, 0.05) is 12.5 Å². The summed E-state index contributed by atoms with van der Waals surface area (Å²) >= 11 is 0. The third-order valence-corrected chi connectivity index (χ3v) is 7.82. The number of benzene rings is 2. The number of pyridine rings is 1. The summed E-state index contributed by atoms with van der Waals surface area (Å²) in [6.07, 6.45) is 1.36. The number of nitrogens with one attached hydrogen (secondary N) is 1. The number of anilines is 1. The Kier molecular flexibility index (Phi) is 6.80. The van der Waals surface area contributed by atoms with E-state index in [0.29, 0.717) is 11.5 Å². The molecule has 2 aromatic carbocycles. The molecule has 1 saturated heterocycles. The molecule has 3 N–H and O–H groups in total. The third-order valence-electron chi connectivity index (χ3n) is 7.82. The topological polar surface area (TPSA) is 95.7 Å². The van der Waals surface area contributed by atoms with E-state index in [0.717, 1.165) is 11.0 Å². The molecule has 0 atom stereocenters. The Morgan fingerprint density at radius 3 is 2.18 bits per heavy atom. The summed E-state index contributed by atoms with van der Waals surface area (Å²) in [5.74, 6) is 0.407. The Hall–Kier alpha value is -3.62. The molecule has 0 bridgehead atoms. The highest BCUT2D eigenvalue weighted by molar-refractivity contribution is 6.56. The monoisotopic (exact) mass is 511 g/mol. The molecule has 0 spiro atoms. The Morgan fingerprint density at radius 2 is 1.58 bits per heavy atom. The van der Waals surface area contributed by atoms with Gasteiger partial charge in [0.2, 0.25) is 0 Å². The largest absolute Gasteiger partial charge is 0.492 e. The molecule has 0 saturated carbocycles. The predicted molar refractivity (Wildman–Crippen MR) is 151 cm³/mol. The number of carbonyl (C=O) groups is 1. The van der Waals surface area contributed by atoms with Crippen molar-refractivity contribution in [3.63, 3.8) is 0 Å². The molecule has 0 unspecified atom stereocenters. The zero-order valence-corrected chi connectivity index (χ0v) is 22.6. The van der Waals surface area contributed by atoms with Crippen molar-refractivity contribution >= 4 is 25.1 Å². The summed E-state index contributed by atoms with van der Waals surface area (Å²) in [5.41, 5.74) is 12.0. The Morgan fingerprint density at radius 1 is 1.00 bits per heavy atom. The van der Waals surface area contributed by atoms with Crippen molar-refractivity contribution in [2.24, 2.45) is 0 Å². The summed E-state index contributed by atoms with van der Waals surface area (Å²) in [6.45, 7) is 10.3. The van der Waals surface area contributed by atoms with E-state index in [4.69, 9.17) is 19.8 Å². The van der Waals surface area contributed by atoms with Crippen molar-refractivity contribution in [3.05, 3.63) is 88.5 Å². The fourth-order valence-electron chi connectivity index (χ4n) is 4.90. The molecule has 1 aromatic heterocycles. The number of alkyl carbamates (subject to hydrolysis) is 1. The average Bonchev–Trinajstić information content (AvgIpc) is 3.31. The SMILES string of the molecule is Cc1ccc(N)nc1C=C(CNC(=O)OCC1c2ccccc2-c2ccccc21)B1OC(C)(C)C(C)(C)O1. The predicted octanol–water partition coefficient (Wildman–Crippen LogP) is 5.53. The fourth-order valence-corrected chi connectivity index (χ4v) is 4.90. The molecule has 2 aliphatic rings. The first-order chi connectivity index (χ1) is 18.1. The van der Waals surface area contributed by atoms with Crippen LogP contribution < -0.4 is 11.1 Å². The van der Waals surface area contributed by atoms with Gasteiger partial charge in [0.05, 0.1) is 16.9 Å². The first-order valence-corrected chi connectivity index (χ1v) is 12.9. The van der Waals surface area contributed by atoms with Crippen molar-refractivity contribution in [2.45, 2.75) is 51.7 Å². The number of ether oxygens (including phenoxy) is 1. The molecule has 8 heteroatoms. The number of amides is 1. The maximum absolute atomic E-state index is 12.9. The number of hydrogen-bond donors (Lipinski definition) is 2. The molecular weight excluding hydrogens is 477 g/mol. The van der Waals surface area contributed by atoms with E-state index in [1.54, 1.807) is 6.07 Å². The number of rotatable bonds is 6. The van der Waals surface area contributed by atoms with Crippen LogP contribution in [0, 0.1) is 6.92 Å². The van der Waals surface area contributed by atoms with Gasteiger partial charge in [-0.3, -0.25) is 0 Å². The highest BCUT2D eigenvalue weighted by Gasteiger charge is 2.52. The molecule has 196 valence electrons. The first kappa shape index (κ1) is 26.0. The zero-order valence-electron chi connectivity index (χ0n) is 22.6. The number of carbonyl (C=O) groups excluding carboxylic acids is 1. The van der Waals surface area contributed by atoms with Crippen LogP contribution in [-0.2, 0) is 14.0 Å². The lowest BCUT2D eigenvalue weighted by molar-refractivity contribution is 0.00578. The molecule has 38 heavy (non-hydrogen) atoms. The second-order valence-corrected chi connectivity index (χ2v) is 10.9. The highest BCUT2D eigenvalue weighted by atomic mass is 16.7. The van der Waals surface area contributed by atoms with E-state index < -0.39 is 24.4 Å². The van der Waals surface area contributed by atoms with Gasteiger partial charge >= 0.3 is 13.2 Å². The van der Waals surface area contributed by atoms with Crippen LogP contribution in [0.2, 0.25) is 0 Å². The number of nitrogen functional groups attached to an aromatic ring is 1. The number of nitrogens with two attached hydrogens (primary N) is 1. The van der Waals surface area contributed by atoms with Gasteiger partial charge in [-0.05, 0) is 80.1 Å². The van der Waals surface area contributed by atoms with Crippen LogP contribution in [-0.4, -0.2) is 42.5 Å². The minimum atomic E-state index is -0.656. The summed E-state index contributed by atoms with van der Waals surface area (Å²) in [4.78, 5) is 17.4. The molecule has 1 aliphatic carbocycles. The standard InChI is InChI=1S/C30H34BN3O4/c1-19-14-15-27(32)34-26(19)16-20(31-37-29(2,3)30(4,5)38-31)17-33-28(35)36-18-25-23-12-8-6-10-21(23)22-11-7-9-13-24(22)25/h6-16,25H,17-18H2,1-5H3,(H2,32,34)(H,33,35). The van der Waals surface area contributed by atoms with Crippen molar-refractivity contribution in [2.75, 3.05) is 18.9 Å². The lowest BCUT2D eigenvalue weighted by atomic mass is 9.77. The van der Waals surface area contributed by atoms with E-state index >= 15 is 0 Å². The van der Waals surface area contributed by atoms with Crippen LogP contribution in [0.5, 0.6) is 0 Å². The molecule has 1 fully saturated rings. The van der Waals surface area contributed by atoms with E-state index in [2.05, 4.69) is 34.6 Å². The van der Waals surface area contributed by atoms with Gasteiger partial charge in [-0.25, -0.2) is 9.78 Å². The zero-order chi connectivity index (χ0) is 27.1. The molecule has 2 heterocycles. The smallest absolute Gasteiger partial charge is 0.449 e. The van der Waals surface area contributed by atoms with Crippen LogP contribution in [0.25, 0.3) is 17.2 Å². The van der Waals surface area contributed by atoms with Gasteiger partial charge < -0.3 is 25.1 Å². The van der Waals surface area contributed by atoms with Gasteiger partial charge in [0.1, 0.15) is 12.4 Å². The van der Waals surface area contributed by atoms with Crippen molar-refractivity contribution in [1.82, 2.24) is 10.3 Å². The van der Waals surface area contributed by atoms with Gasteiger partial charge in [-0.15, -0.1) is 0 Å². The Bertz CT molecular complexity index is 1340. The van der Waals surface area contributed by atoms with E-state index in [9.17, 15) is 4.79 Å². The van der Waals surface area contributed by atoms with Crippen LogP contribution in [0.4, 0.5) is 10.6 Å². The van der Waals surface area contributed by atoms with Crippen LogP contribution in [0.15, 0.2) is 66.1 Å². The van der Waals surface area contributed by atoms with Gasteiger partial charge in [-0.2, -0.15) is 0 Å². The first-order valence-electron chi connectivity index (χ1n) is 12.9. The Balaban J connectivity index is 1.31. The van der Waals surface area contributed by atoms with Crippen molar-refractivity contribution in [3.8, 4) is 11.1 Å². The lowest BCUT2D eigenvalue weighted by Crippen LogP contribution is -2.41.